The van der Waals surface area contributed by atoms with Gasteiger partial charge in [0, 0.05) is 31.8 Å². The van der Waals surface area contributed by atoms with Crippen LogP contribution in [-0.2, 0) is 4.79 Å². The van der Waals surface area contributed by atoms with Crippen LogP contribution in [0.1, 0.15) is 23.2 Å². The van der Waals surface area contributed by atoms with E-state index in [1.165, 1.54) is 35.2 Å². The molecule has 148 valence electrons. The number of primary amides is 1. The van der Waals surface area contributed by atoms with E-state index in [9.17, 15) is 22.8 Å². The van der Waals surface area contributed by atoms with Crippen LogP contribution in [0, 0.1) is 23.4 Å². The average molecular weight is 392 g/mol. The first-order valence-corrected chi connectivity index (χ1v) is 8.79. The zero-order chi connectivity index (χ0) is 20.3. The van der Waals surface area contributed by atoms with Crippen molar-refractivity contribution in [3.8, 4) is 5.75 Å². The fourth-order valence-electron chi connectivity index (χ4n) is 3.35. The van der Waals surface area contributed by atoms with E-state index in [2.05, 4.69) is 0 Å². The van der Waals surface area contributed by atoms with E-state index >= 15 is 0 Å². The maximum atomic E-state index is 13.9. The smallest absolute Gasteiger partial charge is 0.259 e. The van der Waals surface area contributed by atoms with E-state index in [4.69, 9.17) is 10.5 Å². The standard InChI is InChI=1S/C20H19F3N2O3/c21-13-4-6-14(7-5-13)28-17-8-9-25(11-12(17)10-18(24)26)20(27)19-15(22)2-1-3-16(19)23/h1-7,12,17H,8-11H2,(H2,24,26)/t12-,17-/m0/s1. The minimum Gasteiger partial charge on any atom is -0.490 e. The van der Waals surface area contributed by atoms with E-state index in [0.717, 1.165) is 12.1 Å². The van der Waals surface area contributed by atoms with Gasteiger partial charge in [0.1, 0.15) is 34.9 Å². The number of halogens is 3. The number of rotatable bonds is 5. The molecule has 0 saturated carbocycles. The quantitative estimate of drug-likeness (QED) is 0.851. The summed E-state index contributed by atoms with van der Waals surface area (Å²) in [6, 6.07) is 8.63. The number of ether oxygens (including phenoxy) is 1. The van der Waals surface area contributed by atoms with E-state index < -0.39 is 46.9 Å². The monoisotopic (exact) mass is 392 g/mol. The number of hydrogen-bond acceptors (Lipinski definition) is 3. The third kappa shape index (κ3) is 4.44. The molecular weight excluding hydrogens is 373 g/mol. The van der Waals surface area contributed by atoms with Crippen molar-refractivity contribution < 1.29 is 27.5 Å². The van der Waals surface area contributed by atoms with Gasteiger partial charge in [0.25, 0.3) is 5.91 Å². The Labute approximate surface area is 159 Å². The molecule has 0 bridgehead atoms. The van der Waals surface area contributed by atoms with Gasteiger partial charge in [-0.15, -0.1) is 0 Å². The van der Waals surface area contributed by atoms with Crippen molar-refractivity contribution in [3.63, 3.8) is 0 Å². The number of nitrogens with zero attached hydrogens (tertiary/aromatic N) is 1. The third-order valence-corrected chi connectivity index (χ3v) is 4.69. The largest absolute Gasteiger partial charge is 0.490 e. The first-order valence-electron chi connectivity index (χ1n) is 8.79. The molecule has 1 aliphatic rings. The highest BCUT2D eigenvalue weighted by Gasteiger charge is 2.35. The second-order valence-corrected chi connectivity index (χ2v) is 6.68. The summed E-state index contributed by atoms with van der Waals surface area (Å²) in [5, 5.41) is 0. The molecule has 0 spiro atoms. The van der Waals surface area contributed by atoms with Crippen molar-refractivity contribution in [2.75, 3.05) is 13.1 Å². The van der Waals surface area contributed by atoms with Gasteiger partial charge in [-0.3, -0.25) is 9.59 Å². The van der Waals surface area contributed by atoms with Crippen LogP contribution in [0.25, 0.3) is 0 Å². The van der Waals surface area contributed by atoms with Crippen LogP contribution in [0.15, 0.2) is 42.5 Å². The summed E-state index contributed by atoms with van der Waals surface area (Å²) < 4.78 is 46.8. The molecule has 1 aliphatic heterocycles. The Bertz CT molecular complexity index is 853. The molecule has 0 aromatic heterocycles. The number of amides is 2. The summed E-state index contributed by atoms with van der Waals surface area (Å²) in [6.07, 6.45) is -0.181. The lowest BCUT2D eigenvalue weighted by molar-refractivity contribution is -0.120. The molecule has 2 aromatic rings. The van der Waals surface area contributed by atoms with Crippen LogP contribution in [0.5, 0.6) is 5.75 Å². The Morgan fingerprint density at radius 2 is 1.71 bits per heavy atom. The van der Waals surface area contributed by atoms with Crippen molar-refractivity contribution in [1.29, 1.82) is 0 Å². The van der Waals surface area contributed by atoms with E-state index in [1.807, 2.05) is 0 Å². The molecule has 1 saturated heterocycles. The average Bonchev–Trinajstić information content (AvgIpc) is 2.64. The first kappa shape index (κ1) is 19.7. The molecule has 2 aromatic carbocycles. The van der Waals surface area contributed by atoms with Crippen LogP contribution in [0.3, 0.4) is 0 Å². The number of carbonyl (C=O) groups excluding carboxylic acids is 2. The van der Waals surface area contributed by atoms with Gasteiger partial charge in [0.05, 0.1) is 0 Å². The number of likely N-dealkylation sites (tertiary alicyclic amines) is 1. The summed E-state index contributed by atoms with van der Waals surface area (Å²) >= 11 is 0. The molecule has 0 unspecified atom stereocenters. The lowest BCUT2D eigenvalue weighted by atomic mass is 9.90. The summed E-state index contributed by atoms with van der Waals surface area (Å²) in [4.78, 5) is 25.4. The Balaban J connectivity index is 1.77. The zero-order valence-electron chi connectivity index (χ0n) is 14.9. The highest BCUT2D eigenvalue weighted by molar-refractivity contribution is 5.95. The van der Waals surface area contributed by atoms with Crippen molar-refractivity contribution in [2.45, 2.75) is 18.9 Å². The fraction of sp³-hybridized carbons (Fsp3) is 0.300. The van der Waals surface area contributed by atoms with Gasteiger partial charge in [-0.25, -0.2) is 13.2 Å². The van der Waals surface area contributed by atoms with Gasteiger partial charge >= 0.3 is 0 Å². The highest BCUT2D eigenvalue weighted by Crippen LogP contribution is 2.27. The van der Waals surface area contributed by atoms with Crippen LogP contribution in [-0.4, -0.2) is 35.9 Å². The maximum absolute atomic E-state index is 13.9. The third-order valence-electron chi connectivity index (χ3n) is 4.69. The van der Waals surface area contributed by atoms with Crippen LogP contribution in [0.2, 0.25) is 0 Å². The summed E-state index contributed by atoms with van der Waals surface area (Å²) in [5.74, 6) is -3.71. The van der Waals surface area contributed by atoms with Crippen molar-refractivity contribution in [3.05, 3.63) is 65.5 Å². The summed E-state index contributed by atoms with van der Waals surface area (Å²) in [6.45, 7) is 0.245. The molecule has 0 aliphatic carbocycles. The Hall–Kier alpha value is -3.03. The van der Waals surface area contributed by atoms with Gasteiger partial charge < -0.3 is 15.4 Å². The Morgan fingerprint density at radius 1 is 1.07 bits per heavy atom. The predicted octanol–water partition coefficient (Wildman–Crippen LogP) is 2.89. The number of carbonyl (C=O) groups is 2. The minimum atomic E-state index is -0.943. The molecule has 3 rings (SSSR count). The van der Waals surface area contributed by atoms with Crippen LogP contribution < -0.4 is 10.5 Å². The second kappa shape index (κ2) is 8.33. The Morgan fingerprint density at radius 3 is 2.32 bits per heavy atom. The van der Waals surface area contributed by atoms with Gasteiger partial charge in [-0.05, 0) is 36.4 Å². The number of hydrogen-bond donors (Lipinski definition) is 1. The second-order valence-electron chi connectivity index (χ2n) is 6.68. The van der Waals surface area contributed by atoms with Gasteiger partial charge in [0.15, 0.2) is 0 Å². The molecule has 8 heteroatoms. The normalized spacial score (nSPS) is 19.3. The maximum Gasteiger partial charge on any atom is 0.259 e. The minimum absolute atomic E-state index is 0.0570. The van der Waals surface area contributed by atoms with Gasteiger partial charge in [-0.1, -0.05) is 6.07 Å². The van der Waals surface area contributed by atoms with Crippen molar-refractivity contribution >= 4 is 11.8 Å². The molecular formula is C20H19F3N2O3. The van der Waals surface area contributed by atoms with Crippen molar-refractivity contribution in [2.24, 2.45) is 11.7 Å². The lowest BCUT2D eigenvalue weighted by Crippen LogP contribution is -2.49. The topological polar surface area (TPSA) is 72.6 Å². The summed E-state index contributed by atoms with van der Waals surface area (Å²) in [5.41, 5.74) is 4.69. The van der Waals surface area contributed by atoms with E-state index in [-0.39, 0.29) is 19.5 Å². The van der Waals surface area contributed by atoms with Crippen LogP contribution >= 0.6 is 0 Å². The van der Waals surface area contributed by atoms with Crippen LogP contribution in [0.4, 0.5) is 13.2 Å². The van der Waals surface area contributed by atoms with Gasteiger partial charge in [0.2, 0.25) is 5.91 Å². The molecule has 2 atom stereocenters. The molecule has 1 heterocycles. The fourth-order valence-corrected chi connectivity index (χ4v) is 3.35. The van der Waals surface area contributed by atoms with Gasteiger partial charge in [-0.2, -0.15) is 0 Å². The SMILES string of the molecule is NC(=O)C[C@H]1CN(C(=O)c2c(F)cccc2F)CC[C@@H]1Oc1ccc(F)cc1. The zero-order valence-corrected chi connectivity index (χ0v) is 14.9. The predicted molar refractivity (Wildman–Crippen MR) is 95.0 cm³/mol. The molecule has 2 N–H and O–H groups in total. The Kier molecular flexibility index (Phi) is 5.87. The molecule has 2 amide bonds. The molecule has 0 radical (unpaired) electrons. The molecule has 28 heavy (non-hydrogen) atoms. The van der Waals surface area contributed by atoms with Crippen molar-refractivity contribution in [1.82, 2.24) is 4.90 Å². The first-order chi connectivity index (χ1) is 13.3. The highest BCUT2D eigenvalue weighted by atomic mass is 19.1. The number of piperidine rings is 1. The van der Waals surface area contributed by atoms with E-state index in [0.29, 0.717) is 12.2 Å². The number of benzene rings is 2. The number of nitrogens with two attached hydrogens (primary N) is 1. The van der Waals surface area contributed by atoms with E-state index in [1.54, 1.807) is 0 Å². The lowest BCUT2D eigenvalue weighted by Gasteiger charge is -2.38. The molecule has 1 fully saturated rings. The molecule has 5 nitrogen and oxygen atoms in total. The summed E-state index contributed by atoms with van der Waals surface area (Å²) in [7, 11) is 0.